The normalized spacial score (nSPS) is 44.6. The van der Waals surface area contributed by atoms with E-state index < -0.39 is 0 Å². The molecule has 3 atom stereocenters. The van der Waals surface area contributed by atoms with E-state index in [2.05, 4.69) is 13.8 Å². The molecule has 0 aromatic carbocycles. The fourth-order valence-electron chi connectivity index (χ4n) is 4.19. The lowest BCUT2D eigenvalue weighted by Gasteiger charge is -2.60. The van der Waals surface area contributed by atoms with E-state index in [1.807, 2.05) is 0 Å². The standard InChI is InChI=1S/C14H25N/c1-13(2)11-4-3-10(12(13)9-11)5-6-14(15)7-8-14/h10-12H,3-9,15H2,1-2H3. The van der Waals surface area contributed by atoms with Crippen molar-refractivity contribution in [2.24, 2.45) is 28.9 Å². The zero-order valence-electron chi connectivity index (χ0n) is 10.3. The Labute approximate surface area is 93.8 Å². The molecule has 0 aromatic heterocycles. The predicted molar refractivity (Wildman–Crippen MR) is 63.5 cm³/mol. The van der Waals surface area contributed by atoms with Crippen molar-refractivity contribution in [3.8, 4) is 0 Å². The van der Waals surface area contributed by atoms with Crippen molar-refractivity contribution in [1.29, 1.82) is 0 Å². The van der Waals surface area contributed by atoms with Gasteiger partial charge in [0.25, 0.3) is 0 Å². The Bertz CT molecular complexity index is 263. The van der Waals surface area contributed by atoms with Crippen LogP contribution < -0.4 is 5.73 Å². The molecule has 0 heterocycles. The number of hydrogen-bond donors (Lipinski definition) is 1. The van der Waals surface area contributed by atoms with Crippen LogP contribution in [-0.4, -0.2) is 5.54 Å². The first-order valence-electron chi connectivity index (χ1n) is 6.80. The molecule has 0 amide bonds. The second kappa shape index (κ2) is 3.00. The topological polar surface area (TPSA) is 26.0 Å². The molecule has 0 radical (unpaired) electrons. The number of hydrogen-bond acceptors (Lipinski definition) is 1. The molecule has 4 rings (SSSR count). The molecular weight excluding hydrogens is 182 g/mol. The van der Waals surface area contributed by atoms with E-state index in [1.54, 1.807) is 0 Å². The summed E-state index contributed by atoms with van der Waals surface area (Å²) >= 11 is 0. The second-order valence-corrected chi connectivity index (χ2v) is 7.10. The minimum atomic E-state index is 0.282. The smallest absolute Gasteiger partial charge is 0.0155 e. The van der Waals surface area contributed by atoms with Crippen molar-refractivity contribution < 1.29 is 0 Å². The van der Waals surface area contributed by atoms with Gasteiger partial charge in [0.15, 0.2) is 0 Å². The number of rotatable bonds is 3. The average molecular weight is 207 g/mol. The maximum Gasteiger partial charge on any atom is 0.0155 e. The minimum absolute atomic E-state index is 0.282. The highest BCUT2D eigenvalue weighted by Gasteiger charge is 2.54. The molecule has 4 saturated carbocycles. The van der Waals surface area contributed by atoms with Crippen LogP contribution in [0.5, 0.6) is 0 Å². The van der Waals surface area contributed by atoms with E-state index in [9.17, 15) is 0 Å². The van der Waals surface area contributed by atoms with Crippen molar-refractivity contribution in [2.75, 3.05) is 0 Å². The van der Waals surface area contributed by atoms with Gasteiger partial charge in [-0.3, -0.25) is 0 Å². The van der Waals surface area contributed by atoms with E-state index in [0.717, 1.165) is 17.8 Å². The van der Waals surface area contributed by atoms with Crippen molar-refractivity contribution in [3.63, 3.8) is 0 Å². The van der Waals surface area contributed by atoms with Crippen LogP contribution in [0.25, 0.3) is 0 Å². The molecule has 2 bridgehead atoms. The number of fused-ring (bicyclic) bond motifs is 2. The van der Waals surface area contributed by atoms with Gasteiger partial charge >= 0.3 is 0 Å². The molecule has 4 fully saturated rings. The van der Waals surface area contributed by atoms with Crippen molar-refractivity contribution in [1.82, 2.24) is 0 Å². The number of nitrogens with two attached hydrogens (primary N) is 1. The molecule has 15 heavy (non-hydrogen) atoms. The molecule has 2 N–H and O–H groups in total. The van der Waals surface area contributed by atoms with Crippen LogP contribution in [0.4, 0.5) is 0 Å². The quantitative estimate of drug-likeness (QED) is 0.754. The molecule has 86 valence electrons. The molecule has 0 aromatic rings. The summed E-state index contributed by atoms with van der Waals surface area (Å²) in [5.41, 5.74) is 7.13. The molecular formula is C14H25N. The summed E-state index contributed by atoms with van der Waals surface area (Å²) in [4.78, 5) is 0. The highest BCUT2D eigenvalue weighted by Crippen LogP contribution is 2.62. The largest absolute Gasteiger partial charge is 0.325 e. The summed E-state index contributed by atoms with van der Waals surface area (Å²) in [5, 5.41) is 0. The SMILES string of the molecule is CC1(C)C2CCC(CCC3(N)CC3)C1C2. The Morgan fingerprint density at radius 1 is 1.20 bits per heavy atom. The van der Waals surface area contributed by atoms with E-state index >= 15 is 0 Å². The van der Waals surface area contributed by atoms with Gasteiger partial charge in [-0.2, -0.15) is 0 Å². The summed E-state index contributed by atoms with van der Waals surface area (Å²) < 4.78 is 0. The molecule has 4 aliphatic rings. The fraction of sp³-hybridized carbons (Fsp3) is 1.00. The maximum absolute atomic E-state index is 6.19. The van der Waals surface area contributed by atoms with Crippen molar-refractivity contribution in [3.05, 3.63) is 0 Å². The van der Waals surface area contributed by atoms with Gasteiger partial charge in [-0.25, -0.2) is 0 Å². The zero-order valence-corrected chi connectivity index (χ0v) is 10.3. The van der Waals surface area contributed by atoms with E-state index in [1.165, 1.54) is 44.9 Å². The second-order valence-electron chi connectivity index (χ2n) is 7.10. The Hall–Kier alpha value is -0.0400. The molecule has 3 unspecified atom stereocenters. The van der Waals surface area contributed by atoms with Gasteiger partial charge in [0.1, 0.15) is 0 Å². The third-order valence-electron chi connectivity index (χ3n) is 5.91. The van der Waals surface area contributed by atoms with Crippen LogP contribution in [-0.2, 0) is 0 Å². The van der Waals surface area contributed by atoms with Crippen LogP contribution in [0.2, 0.25) is 0 Å². The van der Waals surface area contributed by atoms with Gasteiger partial charge in [0, 0.05) is 5.54 Å². The first-order valence-corrected chi connectivity index (χ1v) is 6.80. The lowest BCUT2D eigenvalue weighted by Crippen LogP contribution is -2.52. The first kappa shape index (κ1) is 10.1. The summed E-state index contributed by atoms with van der Waals surface area (Å²) in [7, 11) is 0. The monoisotopic (exact) mass is 207 g/mol. The van der Waals surface area contributed by atoms with Crippen LogP contribution in [0.15, 0.2) is 0 Å². The summed E-state index contributed by atoms with van der Waals surface area (Å²) in [6.45, 7) is 4.99. The van der Waals surface area contributed by atoms with Gasteiger partial charge in [0.05, 0.1) is 0 Å². The lowest BCUT2D eigenvalue weighted by molar-refractivity contribution is -0.107. The van der Waals surface area contributed by atoms with Crippen LogP contribution in [0.3, 0.4) is 0 Å². The maximum atomic E-state index is 6.19. The zero-order chi connectivity index (χ0) is 10.7. The van der Waals surface area contributed by atoms with Crippen molar-refractivity contribution >= 4 is 0 Å². The van der Waals surface area contributed by atoms with E-state index in [4.69, 9.17) is 5.73 Å². The van der Waals surface area contributed by atoms with Gasteiger partial charge in [0.2, 0.25) is 0 Å². The van der Waals surface area contributed by atoms with Gasteiger partial charge in [-0.15, -0.1) is 0 Å². The minimum Gasteiger partial charge on any atom is -0.325 e. The Morgan fingerprint density at radius 2 is 1.93 bits per heavy atom. The van der Waals surface area contributed by atoms with E-state index in [0.29, 0.717) is 5.41 Å². The summed E-state index contributed by atoms with van der Waals surface area (Å²) in [6.07, 6.45) is 9.80. The molecule has 0 spiro atoms. The van der Waals surface area contributed by atoms with Crippen molar-refractivity contribution in [2.45, 2.75) is 64.3 Å². The van der Waals surface area contributed by atoms with Gasteiger partial charge < -0.3 is 5.73 Å². The van der Waals surface area contributed by atoms with Crippen LogP contribution in [0, 0.1) is 23.2 Å². The lowest BCUT2D eigenvalue weighted by atomic mass is 9.45. The Kier molecular flexibility index (Phi) is 2.03. The predicted octanol–water partition coefficient (Wildman–Crippen LogP) is 3.33. The average Bonchev–Trinajstić information content (AvgIpc) is 2.94. The van der Waals surface area contributed by atoms with Crippen LogP contribution in [0.1, 0.15) is 58.8 Å². The molecule has 0 saturated heterocycles. The van der Waals surface area contributed by atoms with Gasteiger partial charge in [-0.05, 0) is 68.1 Å². The fourth-order valence-corrected chi connectivity index (χ4v) is 4.19. The highest BCUT2D eigenvalue weighted by atomic mass is 14.8. The highest BCUT2D eigenvalue weighted by molar-refractivity contribution is 5.05. The summed E-state index contributed by atoms with van der Waals surface area (Å²) in [5.74, 6) is 3.08. The third kappa shape index (κ3) is 1.54. The molecule has 1 heteroatoms. The molecule has 4 aliphatic carbocycles. The Morgan fingerprint density at radius 3 is 2.47 bits per heavy atom. The first-order chi connectivity index (χ1) is 7.01. The summed E-state index contributed by atoms with van der Waals surface area (Å²) in [6, 6.07) is 0. The molecule has 1 nitrogen and oxygen atoms in total. The van der Waals surface area contributed by atoms with Gasteiger partial charge in [-0.1, -0.05) is 13.8 Å². The van der Waals surface area contributed by atoms with E-state index in [-0.39, 0.29) is 5.54 Å². The van der Waals surface area contributed by atoms with Crippen LogP contribution >= 0.6 is 0 Å². The Balaban J connectivity index is 1.57. The third-order valence-corrected chi connectivity index (χ3v) is 5.91. The molecule has 0 aliphatic heterocycles.